The van der Waals surface area contributed by atoms with Gasteiger partial charge < -0.3 is 4.42 Å². The summed E-state index contributed by atoms with van der Waals surface area (Å²) in [4.78, 5) is 25.3. The molecule has 8 heteroatoms. The lowest BCUT2D eigenvalue weighted by atomic mass is 10.1. The number of pyridine rings is 1. The number of anilines is 1. The van der Waals surface area contributed by atoms with Crippen LogP contribution in [0.5, 0.6) is 0 Å². The van der Waals surface area contributed by atoms with Gasteiger partial charge in [-0.25, -0.2) is 15.0 Å². The summed E-state index contributed by atoms with van der Waals surface area (Å²) < 4.78 is 6.99. The van der Waals surface area contributed by atoms with Gasteiger partial charge >= 0.3 is 0 Å². The summed E-state index contributed by atoms with van der Waals surface area (Å²) in [6.07, 6.45) is 8.48. The van der Waals surface area contributed by atoms with E-state index in [1.165, 1.54) is 6.20 Å². The van der Waals surface area contributed by atoms with E-state index in [4.69, 9.17) is 4.42 Å². The van der Waals surface area contributed by atoms with E-state index >= 15 is 0 Å². The van der Waals surface area contributed by atoms with Gasteiger partial charge in [-0.1, -0.05) is 12.1 Å². The van der Waals surface area contributed by atoms with E-state index < -0.39 is 0 Å². The Kier molecular flexibility index (Phi) is 3.61. The molecule has 0 unspecified atom stereocenters. The van der Waals surface area contributed by atoms with E-state index in [1.807, 2.05) is 31.4 Å². The Labute approximate surface area is 158 Å². The molecule has 0 fully saturated rings. The number of rotatable bonds is 3. The van der Waals surface area contributed by atoms with E-state index in [9.17, 15) is 4.79 Å². The Morgan fingerprint density at radius 2 is 1.96 bits per heavy atom. The lowest BCUT2D eigenvalue weighted by molar-refractivity contribution is 0.102. The van der Waals surface area contributed by atoms with Gasteiger partial charge in [-0.05, 0) is 23.8 Å². The molecule has 4 heterocycles. The number of amides is 1. The van der Waals surface area contributed by atoms with Crippen LogP contribution in [0.4, 0.5) is 5.95 Å². The molecule has 0 aliphatic carbocycles. The summed E-state index contributed by atoms with van der Waals surface area (Å²) in [5, 5.41) is 8.58. The zero-order chi connectivity index (χ0) is 19.1. The second-order valence-electron chi connectivity index (χ2n) is 6.35. The lowest BCUT2D eigenvalue weighted by Gasteiger charge is -2.05. The predicted molar refractivity (Wildman–Crippen MR) is 104 cm³/mol. The first-order valence-electron chi connectivity index (χ1n) is 8.56. The zero-order valence-corrected chi connectivity index (χ0v) is 14.8. The Balaban J connectivity index is 1.45. The van der Waals surface area contributed by atoms with Crippen LogP contribution in [-0.2, 0) is 7.05 Å². The summed E-state index contributed by atoms with van der Waals surface area (Å²) >= 11 is 0. The summed E-state index contributed by atoms with van der Waals surface area (Å²) in [6.45, 7) is 0. The number of hydrogen-bond donors (Lipinski definition) is 1. The highest BCUT2D eigenvalue weighted by atomic mass is 16.3. The molecule has 0 spiro atoms. The van der Waals surface area contributed by atoms with Crippen molar-refractivity contribution in [3.63, 3.8) is 0 Å². The number of fused-ring (bicyclic) bond motifs is 2. The maximum atomic E-state index is 12.5. The predicted octanol–water partition coefficient (Wildman–Crippen LogP) is 3.42. The van der Waals surface area contributed by atoms with Gasteiger partial charge in [0.15, 0.2) is 5.58 Å². The zero-order valence-electron chi connectivity index (χ0n) is 14.8. The molecule has 0 saturated heterocycles. The van der Waals surface area contributed by atoms with Gasteiger partial charge in [0.05, 0.1) is 24.2 Å². The molecule has 0 atom stereocenters. The standard InChI is InChI=1S/C20H14N6O2/c1-26-11-15(9-23-26)12-2-3-14-8-22-20(24-16(14)6-12)25-19(27)17-7-13-4-5-28-18(13)10-21-17/h2-11H,1H3,(H,22,24,25,27). The van der Waals surface area contributed by atoms with Gasteiger partial charge in [-0.15, -0.1) is 0 Å². The molecule has 4 aromatic heterocycles. The van der Waals surface area contributed by atoms with Gasteiger partial charge in [0.1, 0.15) is 5.69 Å². The number of nitrogens with zero attached hydrogens (tertiary/aromatic N) is 5. The average Bonchev–Trinajstić information content (AvgIpc) is 3.35. The molecule has 0 aliphatic rings. The Bertz CT molecular complexity index is 1340. The number of nitrogens with one attached hydrogen (secondary N) is 1. The van der Waals surface area contributed by atoms with Crippen molar-refractivity contribution in [1.82, 2.24) is 24.7 Å². The van der Waals surface area contributed by atoms with E-state index in [1.54, 1.807) is 35.5 Å². The van der Waals surface area contributed by atoms with Crippen molar-refractivity contribution in [2.24, 2.45) is 7.05 Å². The summed E-state index contributed by atoms with van der Waals surface area (Å²) in [5.74, 6) is -0.166. The smallest absolute Gasteiger partial charge is 0.276 e. The highest BCUT2D eigenvalue weighted by molar-refractivity contribution is 6.03. The minimum atomic E-state index is -0.383. The van der Waals surface area contributed by atoms with Crippen molar-refractivity contribution in [1.29, 1.82) is 0 Å². The highest BCUT2D eigenvalue weighted by Gasteiger charge is 2.12. The second kappa shape index (κ2) is 6.27. The van der Waals surface area contributed by atoms with Crippen LogP contribution < -0.4 is 5.32 Å². The van der Waals surface area contributed by atoms with Crippen LogP contribution in [0.15, 0.2) is 65.8 Å². The second-order valence-corrected chi connectivity index (χ2v) is 6.35. The highest BCUT2D eigenvalue weighted by Crippen LogP contribution is 2.23. The van der Waals surface area contributed by atoms with E-state index in [0.29, 0.717) is 5.58 Å². The average molecular weight is 370 g/mol. The molecule has 0 radical (unpaired) electrons. The van der Waals surface area contributed by atoms with Crippen LogP contribution in [-0.4, -0.2) is 30.6 Å². The Morgan fingerprint density at radius 1 is 1.04 bits per heavy atom. The van der Waals surface area contributed by atoms with Gasteiger partial charge in [0, 0.05) is 35.8 Å². The third kappa shape index (κ3) is 2.86. The molecule has 0 saturated carbocycles. The summed E-state index contributed by atoms with van der Waals surface area (Å²) in [5.41, 5.74) is 3.60. The van der Waals surface area contributed by atoms with Gasteiger partial charge in [-0.2, -0.15) is 5.10 Å². The van der Waals surface area contributed by atoms with Gasteiger partial charge in [0.2, 0.25) is 5.95 Å². The molecule has 0 bridgehead atoms. The molecule has 8 nitrogen and oxygen atoms in total. The van der Waals surface area contributed by atoms with Crippen molar-refractivity contribution in [2.75, 3.05) is 5.32 Å². The number of aryl methyl sites for hydroxylation is 1. The van der Waals surface area contributed by atoms with Crippen molar-refractivity contribution >= 4 is 33.7 Å². The Morgan fingerprint density at radius 3 is 2.82 bits per heavy atom. The molecular formula is C20H14N6O2. The number of benzene rings is 1. The third-order valence-electron chi connectivity index (χ3n) is 4.42. The molecule has 28 heavy (non-hydrogen) atoms. The molecule has 5 rings (SSSR count). The molecule has 1 amide bonds. The molecule has 1 aromatic carbocycles. The van der Waals surface area contributed by atoms with Crippen molar-refractivity contribution in [3.05, 3.63) is 67.1 Å². The van der Waals surface area contributed by atoms with Crippen molar-refractivity contribution in [3.8, 4) is 11.1 Å². The van der Waals surface area contributed by atoms with Crippen molar-refractivity contribution in [2.45, 2.75) is 0 Å². The third-order valence-corrected chi connectivity index (χ3v) is 4.42. The van der Waals surface area contributed by atoms with Crippen LogP contribution in [0.25, 0.3) is 33.0 Å². The fourth-order valence-electron chi connectivity index (χ4n) is 2.99. The van der Waals surface area contributed by atoms with E-state index in [-0.39, 0.29) is 17.5 Å². The molecular weight excluding hydrogens is 356 g/mol. The Hall–Kier alpha value is -4.07. The number of furan rings is 1. The maximum Gasteiger partial charge on any atom is 0.276 e. The number of carbonyl (C=O) groups is 1. The molecule has 136 valence electrons. The fourth-order valence-corrected chi connectivity index (χ4v) is 2.99. The maximum absolute atomic E-state index is 12.5. The number of carbonyl (C=O) groups excluding carboxylic acids is 1. The first-order chi connectivity index (χ1) is 13.7. The van der Waals surface area contributed by atoms with Crippen LogP contribution in [0.2, 0.25) is 0 Å². The monoisotopic (exact) mass is 370 g/mol. The fraction of sp³-hybridized carbons (Fsp3) is 0.0500. The molecule has 0 aliphatic heterocycles. The normalized spacial score (nSPS) is 11.2. The largest absolute Gasteiger partial charge is 0.463 e. The van der Waals surface area contributed by atoms with Crippen molar-refractivity contribution < 1.29 is 9.21 Å². The number of aromatic nitrogens is 5. The van der Waals surface area contributed by atoms with Gasteiger partial charge in [0.25, 0.3) is 5.91 Å². The van der Waals surface area contributed by atoms with Crippen LogP contribution >= 0.6 is 0 Å². The first-order valence-corrected chi connectivity index (χ1v) is 8.56. The van der Waals surface area contributed by atoms with E-state index in [2.05, 4.69) is 25.4 Å². The van der Waals surface area contributed by atoms with E-state index in [0.717, 1.165) is 27.4 Å². The molecule has 1 N–H and O–H groups in total. The van der Waals surface area contributed by atoms with Crippen LogP contribution in [0.1, 0.15) is 10.5 Å². The quantitative estimate of drug-likeness (QED) is 0.522. The van der Waals surface area contributed by atoms with Gasteiger partial charge in [-0.3, -0.25) is 14.8 Å². The van der Waals surface area contributed by atoms with Crippen LogP contribution in [0.3, 0.4) is 0 Å². The first kappa shape index (κ1) is 16.1. The minimum Gasteiger partial charge on any atom is -0.463 e. The summed E-state index contributed by atoms with van der Waals surface area (Å²) in [6, 6.07) is 9.32. The summed E-state index contributed by atoms with van der Waals surface area (Å²) in [7, 11) is 1.87. The van der Waals surface area contributed by atoms with Crippen LogP contribution in [0, 0.1) is 0 Å². The minimum absolute atomic E-state index is 0.218. The SMILES string of the molecule is Cn1cc(-c2ccc3cnc(NC(=O)c4cc5ccoc5cn4)nc3c2)cn1. The lowest BCUT2D eigenvalue weighted by Crippen LogP contribution is -2.15. The topological polar surface area (TPSA) is 98.7 Å². The molecule has 5 aromatic rings. The number of hydrogen-bond acceptors (Lipinski definition) is 6.